The van der Waals surface area contributed by atoms with Crippen molar-refractivity contribution in [3.63, 3.8) is 0 Å². The molecule has 1 aliphatic rings. The van der Waals surface area contributed by atoms with E-state index >= 15 is 0 Å². The third-order valence-electron chi connectivity index (χ3n) is 4.29. The minimum absolute atomic E-state index is 0.119. The summed E-state index contributed by atoms with van der Waals surface area (Å²) in [6.07, 6.45) is 3.42. The van der Waals surface area contributed by atoms with Crippen molar-refractivity contribution in [3.8, 4) is 0 Å². The van der Waals surface area contributed by atoms with E-state index in [1.54, 1.807) is 24.4 Å². The van der Waals surface area contributed by atoms with Gasteiger partial charge >= 0.3 is 0 Å². The number of aliphatic hydroxyl groups is 1. The third-order valence-corrected chi connectivity index (χ3v) is 4.51. The second-order valence-electron chi connectivity index (χ2n) is 6.04. The second-order valence-corrected chi connectivity index (χ2v) is 6.48. The lowest BCUT2D eigenvalue weighted by atomic mass is 9.93. The lowest BCUT2D eigenvalue weighted by molar-refractivity contribution is 0.0594. The highest BCUT2D eigenvalue weighted by molar-refractivity contribution is 6.30. The van der Waals surface area contributed by atoms with E-state index in [1.165, 1.54) is 4.40 Å². The first kappa shape index (κ1) is 15.5. The van der Waals surface area contributed by atoms with Crippen LogP contribution in [0, 0.1) is 5.92 Å². The van der Waals surface area contributed by atoms with Crippen LogP contribution in [0.3, 0.4) is 0 Å². The summed E-state index contributed by atoms with van der Waals surface area (Å²) in [4.78, 5) is 19.0. The zero-order valence-electron chi connectivity index (χ0n) is 12.6. The van der Waals surface area contributed by atoms with Crippen LogP contribution < -0.4 is 5.56 Å². The summed E-state index contributed by atoms with van der Waals surface area (Å²) in [5, 5.41) is 10.3. The number of piperidine rings is 1. The maximum absolute atomic E-state index is 12.2. The molecule has 118 valence electrons. The highest BCUT2D eigenvalue weighted by Gasteiger charge is 2.23. The molecule has 0 radical (unpaired) electrons. The fourth-order valence-corrected chi connectivity index (χ4v) is 3.23. The van der Waals surface area contributed by atoms with Gasteiger partial charge in [-0.2, -0.15) is 0 Å². The number of aromatic nitrogens is 2. The van der Waals surface area contributed by atoms with Gasteiger partial charge in [-0.15, -0.1) is 0 Å². The van der Waals surface area contributed by atoms with Crippen LogP contribution >= 0.6 is 11.6 Å². The Kier molecular flexibility index (Phi) is 4.47. The molecule has 6 heteroatoms. The summed E-state index contributed by atoms with van der Waals surface area (Å²) in [6.45, 7) is 4.31. The largest absolute Gasteiger partial charge is 0.393 e. The quantitative estimate of drug-likeness (QED) is 0.938. The molecule has 0 aromatic carbocycles. The van der Waals surface area contributed by atoms with Crippen molar-refractivity contribution in [2.45, 2.75) is 32.4 Å². The van der Waals surface area contributed by atoms with E-state index in [2.05, 4.69) is 9.88 Å². The average Bonchev–Trinajstić information content (AvgIpc) is 2.48. The molecule has 1 N–H and O–H groups in total. The number of likely N-dealkylation sites (tertiary alicyclic amines) is 1. The van der Waals surface area contributed by atoms with Crippen LogP contribution in [-0.2, 0) is 6.54 Å². The van der Waals surface area contributed by atoms with Gasteiger partial charge in [0.2, 0.25) is 0 Å². The molecule has 2 atom stereocenters. The lowest BCUT2D eigenvalue weighted by Crippen LogP contribution is -2.39. The Bertz CT molecular complexity index is 729. The predicted molar refractivity (Wildman–Crippen MR) is 86.2 cm³/mol. The number of fused-ring (bicyclic) bond motifs is 1. The highest BCUT2D eigenvalue weighted by atomic mass is 35.5. The van der Waals surface area contributed by atoms with Crippen LogP contribution in [-0.4, -0.2) is 38.6 Å². The number of nitrogens with zero attached hydrogens (tertiary/aromatic N) is 3. The Morgan fingerprint density at radius 2 is 2.32 bits per heavy atom. The SMILES string of the molecule is CC(O)C1CCCN(Cc2cc(=O)n3cc(Cl)ccc3n2)C1. The molecule has 2 aromatic heterocycles. The number of rotatable bonds is 3. The molecule has 0 amide bonds. The van der Waals surface area contributed by atoms with Gasteiger partial charge in [0.25, 0.3) is 5.56 Å². The lowest BCUT2D eigenvalue weighted by Gasteiger charge is -2.33. The van der Waals surface area contributed by atoms with Gasteiger partial charge in [-0.25, -0.2) is 4.98 Å². The molecule has 3 heterocycles. The fraction of sp³-hybridized carbons (Fsp3) is 0.500. The number of halogens is 1. The molecule has 2 aromatic rings. The van der Waals surface area contributed by atoms with Crippen LogP contribution in [0.4, 0.5) is 0 Å². The van der Waals surface area contributed by atoms with Gasteiger partial charge in [-0.1, -0.05) is 11.6 Å². The molecule has 0 saturated carbocycles. The Hall–Kier alpha value is -1.43. The van der Waals surface area contributed by atoms with Gasteiger partial charge in [-0.05, 0) is 44.4 Å². The zero-order chi connectivity index (χ0) is 15.7. The molecule has 3 rings (SSSR count). The Labute approximate surface area is 134 Å². The molecular formula is C16H20ClN3O2. The monoisotopic (exact) mass is 321 g/mol. The Morgan fingerprint density at radius 1 is 1.50 bits per heavy atom. The van der Waals surface area contributed by atoms with E-state index in [1.807, 2.05) is 6.92 Å². The molecule has 0 aliphatic carbocycles. The minimum Gasteiger partial charge on any atom is -0.393 e. The van der Waals surface area contributed by atoms with Crippen LogP contribution in [0.5, 0.6) is 0 Å². The molecular weight excluding hydrogens is 302 g/mol. The van der Waals surface area contributed by atoms with E-state index < -0.39 is 0 Å². The van der Waals surface area contributed by atoms with E-state index in [-0.39, 0.29) is 11.7 Å². The van der Waals surface area contributed by atoms with Gasteiger partial charge in [0, 0.05) is 25.4 Å². The molecule has 0 spiro atoms. The first-order valence-electron chi connectivity index (χ1n) is 7.61. The number of pyridine rings is 1. The highest BCUT2D eigenvalue weighted by Crippen LogP contribution is 2.21. The average molecular weight is 322 g/mol. The smallest absolute Gasteiger partial charge is 0.258 e. The van der Waals surface area contributed by atoms with Crippen molar-refractivity contribution in [2.24, 2.45) is 5.92 Å². The summed E-state index contributed by atoms with van der Waals surface area (Å²) in [6, 6.07) is 5.05. The van der Waals surface area contributed by atoms with Crippen LogP contribution in [0.1, 0.15) is 25.5 Å². The predicted octanol–water partition coefficient (Wildman–Crippen LogP) is 1.94. The van der Waals surface area contributed by atoms with Crippen LogP contribution in [0.25, 0.3) is 5.65 Å². The Balaban J connectivity index is 1.82. The molecule has 5 nitrogen and oxygen atoms in total. The molecule has 1 fully saturated rings. The summed E-state index contributed by atoms with van der Waals surface area (Å²) in [5.74, 6) is 0.300. The van der Waals surface area contributed by atoms with Crippen LogP contribution in [0.2, 0.25) is 5.02 Å². The van der Waals surface area contributed by atoms with Gasteiger partial charge in [0.15, 0.2) is 0 Å². The van der Waals surface area contributed by atoms with E-state index in [9.17, 15) is 9.90 Å². The normalized spacial score (nSPS) is 21.1. The topological polar surface area (TPSA) is 57.8 Å². The molecule has 22 heavy (non-hydrogen) atoms. The van der Waals surface area contributed by atoms with Crippen molar-refractivity contribution < 1.29 is 5.11 Å². The fourth-order valence-electron chi connectivity index (χ4n) is 3.06. The number of hydrogen-bond donors (Lipinski definition) is 1. The molecule has 1 aliphatic heterocycles. The van der Waals surface area contributed by atoms with E-state index in [0.717, 1.165) is 31.6 Å². The Morgan fingerprint density at radius 3 is 3.09 bits per heavy atom. The van der Waals surface area contributed by atoms with E-state index in [0.29, 0.717) is 23.1 Å². The van der Waals surface area contributed by atoms with Crippen LogP contribution in [0.15, 0.2) is 29.2 Å². The third kappa shape index (κ3) is 3.32. The van der Waals surface area contributed by atoms with Crippen molar-refractivity contribution in [3.05, 3.63) is 45.5 Å². The van der Waals surface area contributed by atoms with Crippen molar-refractivity contribution >= 4 is 17.2 Å². The van der Waals surface area contributed by atoms with Gasteiger partial charge in [-0.3, -0.25) is 14.1 Å². The second kappa shape index (κ2) is 6.36. The number of aliphatic hydroxyl groups excluding tert-OH is 1. The maximum atomic E-state index is 12.2. The first-order chi connectivity index (χ1) is 10.5. The standard InChI is InChI=1S/C16H20ClN3O2/c1-11(21)12-3-2-6-19(8-12)10-14-7-16(22)20-9-13(17)4-5-15(20)18-14/h4-5,7,9,11-12,21H,2-3,6,8,10H2,1H3. The first-order valence-corrected chi connectivity index (χ1v) is 7.99. The number of hydrogen-bond acceptors (Lipinski definition) is 4. The molecule has 2 unspecified atom stereocenters. The van der Waals surface area contributed by atoms with Gasteiger partial charge in [0.05, 0.1) is 16.8 Å². The molecule has 1 saturated heterocycles. The van der Waals surface area contributed by atoms with Crippen molar-refractivity contribution in [1.82, 2.24) is 14.3 Å². The minimum atomic E-state index is -0.292. The van der Waals surface area contributed by atoms with Crippen molar-refractivity contribution in [1.29, 1.82) is 0 Å². The van der Waals surface area contributed by atoms with Crippen molar-refractivity contribution in [2.75, 3.05) is 13.1 Å². The zero-order valence-corrected chi connectivity index (χ0v) is 13.3. The summed E-state index contributed by atoms with van der Waals surface area (Å²) in [7, 11) is 0. The van der Waals surface area contributed by atoms with Gasteiger partial charge < -0.3 is 5.11 Å². The summed E-state index contributed by atoms with van der Waals surface area (Å²) >= 11 is 5.91. The van der Waals surface area contributed by atoms with E-state index in [4.69, 9.17) is 11.6 Å². The summed E-state index contributed by atoms with van der Waals surface area (Å²) < 4.78 is 1.46. The molecule has 0 bridgehead atoms. The maximum Gasteiger partial charge on any atom is 0.258 e. The van der Waals surface area contributed by atoms with Gasteiger partial charge in [0.1, 0.15) is 5.65 Å². The summed E-state index contributed by atoms with van der Waals surface area (Å²) in [5.41, 5.74) is 1.25.